The number of allylic oxidation sites excluding steroid dienone is 2. The maximum atomic E-state index is 14.4. The number of sulfonamides is 1. The van der Waals surface area contributed by atoms with Gasteiger partial charge in [-0.15, -0.1) is 0 Å². The third-order valence-electron chi connectivity index (χ3n) is 6.64. The highest BCUT2D eigenvalue weighted by molar-refractivity contribution is 7.96. The number of hydrogen-bond acceptors (Lipinski definition) is 8. The second kappa shape index (κ2) is 9.36. The van der Waals surface area contributed by atoms with Gasteiger partial charge >= 0.3 is 0 Å². The first-order valence-corrected chi connectivity index (χ1v) is 13.1. The fraction of sp³-hybridized carbons (Fsp3) is 0.179. The standard InChI is InChI=1S/C28H25N3O6S/c1-16-8-10-17(11-9-16)15-31-21-7-5-4-6-19(21)26-27(38(31,33)34)24(20(14-29)28(30)37-26)18-12-22(35-2)25(32)23(13-18)36-3/h4-13,24,32H,15,30H2,1-3H3/t24-/m1/s1. The number of nitrogens with two attached hydrogens (primary N) is 1. The molecule has 0 saturated heterocycles. The molecule has 10 heteroatoms. The Labute approximate surface area is 220 Å². The van der Waals surface area contributed by atoms with E-state index >= 15 is 0 Å². The van der Waals surface area contributed by atoms with Crippen LogP contribution in [0.4, 0.5) is 5.69 Å². The van der Waals surface area contributed by atoms with E-state index in [0.29, 0.717) is 16.8 Å². The van der Waals surface area contributed by atoms with Crippen LogP contribution in [-0.2, 0) is 21.3 Å². The van der Waals surface area contributed by atoms with Gasteiger partial charge in [0.15, 0.2) is 17.3 Å². The molecule has 2 aliphatic rings. The zero-order valence-corrected chi connectivity index (χ0v) is 21.7. The third kappa shape index (κ3) is 3.88. The molecule has 1 atom stereocenters. The number of fused-ring (bicyclic) bond motifs is 2. The number of phenols is 1. The summed E-state index contributed by atoms with van der Waals surface area (Å²) in [6.07, 6.45) is 0. The van der Waals surface area contributed by atoms with Gasteiger partial charge in [0.1, 0.15) is 16.5 Å². The lowest BCUT2D eigenvalue weighted by molar-refractivity contribution is 0.338. The number of para-hydroxylation sites is 1. The summed E-state index contributed by atoms with van der Waals surface area (Å²) in [5.41, 5.74) is 9.22. The van der Waals surface area contributed by atoms with Gasteiger partial charge in [-0.3, -0.25) is 4.31 Å². The van der Waals surface area contributed by atoms with Gasteiger partial charge in [0, 0.05) is 5.56 Å². The van der Waals surface area contributed by atoms with Crippen LogP contribution in [0.5, 0.6) is 17.2 Å². The number of aryl methyl sites for hydroxylation is 1. The Morgan fingerprint density at radius 2 is 1.71 bits per heavy atom. The number of nitriles is 1. The smallest absolute Gasteiger partial charge is 0.265 e. The van der Waals surface area contributed by atoms with Gasteiger partial charge in [-0.05, 0) is 42.3 Å². The van der Waals surface area contributed by atoms with Gasteiger partial charge in [0.05, 0.1) is 32.4 Å². The van der Waals surface area contributed by atoms with Gasteiger partial charge in [-0.25, -0.2) is 8.42 Å². The summed E-state index contributed by atoms with van der Waals surface area (Å²) in [4.78, 5) is -0.135. The van der Waals surface area contributed by atoms with E-state index in [4.69, 9.17) is 19.9 Å². The van der Waals surface area contributed by atoms with E-state index in [1.165, 1.54) is 30.7 Å². The number of hydrogen-bond donors (Lipinski definition) is 2. The van der Waals surface area contributed by atoms with Crippen molar-refractivity contribution in [3.63, 3.8) is 0 Å². The van der Waals surface area contributed by atoms with E-state index in [-0.39, 0.29) is 45.9 Å². The average Bonchev–Trinajstić information content (AvgIpc) is 2.91. The summed E-state index contributed by atoms with van der Waals surface area (Å²) in [7, 11) is -1.54. The van der Waals surface area contributed by atoms with Crippen molar-refractivity contribution < 1.29 is 27.7 Å². The molecule has 3 aromatic rings. The van der Waals surface area contributed by atoms with Crippen LogP contribution in [0.1, 0.15) is 28.2 Å². The van der Waals surface area contributed by atoms with Crippen molar-refractivity contribution >= 4 is 21.5 Å². The molecule has 0 saturated carbocycles. The lowest BCUT2D eigenvalue weighted by Crippen LogP contribution is -2.39. The number of anilines is 1. The molecule has 5 rings (SSSR count). The number of rotatable bonds is 5. The molecular weight excluding hydrogens is 506 g/mol. The SMILES string of the molecule is COc1cc([C@@H]2C(C#N)=C(N)OC3=C2S(=O)(=O)N(Cc2ccc(C)cc2)c2ccccc23)cc(OC)c1O. The fourth-order valence-corrected chi connectivity index (χ4v) is 6.66. The lowest BCUT2D eigenvalue weighted by Gasteiger charge is -2.38. The molecule has 9 nitrogen and oxygen atoms in total. The lowest BCUT2D eigenvalue weighted by atomic mass is 9.87. The minimum Gasteiger partial charge on any atom is -0.502 e. The number of ether oxygens (including phenoxy) is 3. The minimum absolute atomic E-state index is 0.0493. The monoisotopic (exact) mass is 531 g/mol. The molecular formula is C28H25N3O6S. The van der Waals surface area contributed by atoms with E-state index in [2.05, 4.69) is 0 Å². The molecule has 2 aliphatic heterocycles. The molecule has 0 amide bonds. The van der Waals surface area contributed by atoms with Crippen LogP contribution < -0.4 is 19.5 Å². The summed E-state index contributed by atoms with van der Waals surface area (Å²) in [5.74, 6) is -1.46. The van der Waals surface area contributed by atoms with Crippen LogP contribution in [0, 0.1) is 18.3 Å². The zero-order chi connectivity index (χ0) is 27.2. The van der Waals surface area contributed by atoms with Crippen molar-refractivity contribution in [3.05, 3.63) is 99.3 Å². The van der Waals surface area contributed by atoms with Gasteiger partial charge in [-0.2, -0.15) is 5.26 Å². The Morgan fingerprint density at radius 3 is 2.32 bits per heavy atom. The quantitative estimate of drug-likeness (QED) is 0.499. The first-order chi connectivity index (χ1) is 18.2. The summed E-state index contributed by atoms with van der Waals surface area (Å²) in [5, 5.41) is 20.5. The molecule has 0 bridgehead atoms. The van der Waals surface area contributed by atoms with Crippen LogP contribution in [-0.4, -0.2) is 27.7 Å². The summed E-state index contributed by atoms with van der Waals surface area (Å²) in [6, 6.07) is 19.5. The van der Waals surface area contributed by atoms with Gasteiger partial charge in [-0.1, -0.05) is 42.0 Å². The Kier molecular flexibility index (Phi) is 6.17. The first kappa shape index (κ1) is 25.0. The Bertz CT molecular complexity index is 1630. The second-order valence-electron chi connectivity index (χ2n) is 8.91. The van der Waals surface area contributed by atoms with Gasteiger partial charge in [0.2, 0.25) is 11.6 Å². The fourth-order valence-electron chi connectivity index (χ4n) is 4.75. The largest absolute Gasteiger partial charge is 0.502 e. The van der Waals surface area contributed by atoms with Crippen molar-refractivity contribution in [2.75, 3.05) is 18.5 Å². The molecule has 0 fully saturated rings. The van der Waals surface area contributed by atoms with E-state index in [9.17, 15) is 18.8 Å². The van der Waals surface area contributed by atoms with Crippen molar-refractivity contribution in [2.45, 2.75) is 19.4 Å². The molecule has 3 aromatic carbocycles. The van der Waals surface area contributed by atoms with Crippen molar-refractivity contribution in [1.82, 2.24) is 0 Å². The summed E-state index contributed by atoms with van der Waals surface area (Å²) < 4.78 is 46.6. The minimum atomic E-state index is -4.26. The highest BCUT2D eigenvalue weighted by atomic mass is 32.2. The molecule has 2 heterocycles. The highest BCUT2D eigenvalue weighted by Crippen LogP contribution is 2.53. The normalized spacial score (nSPS) is 17.7. The van der Waals surface area contributed by atoms with E-state index in [1.54, 1.807) is 24.3 Å². The Hall–Kier alpha value is -4.62. The molecule has 3 N–H and O–H groups in total. The maximum Gasteiger partial charge on any atom is 0.265 e. The average molecular weight is 532 g/mol. The zero-order valence-electron chi connectivity index (χ0n) is 20.9. The number of phenolic OH excluding ortho intramolecular Hbond substituents is 1. The molecule has 0 aromatic heterocycles. The maximum absolute atomic E-state index is 14.4. The molecule has 0 spiro atoms. The predicted octanol–water partition coefficient (Wildman–Crippen LogP) is 4.24. The number of aromatic hydroxyl groups is 1. The molecule has 194 valence electrons. The molecule has 38 heavy (non-hydrogen) atoms. The molecule has 0 radical (unpaired) electrons. The summed E-state index contributed by atoms with van der Waals surface area (Å²) in [6.45, 7) is 2.02. The predicted molar refractivity (Wildman–Crippen MR) is 142 cm³/mol. The third-order valence-corrected chi connectivity index (χ3v) is 8.52. The van der Waals surface area contributed by atoms with Crippen LogP contribution in [0.3, 0.4) is 0 Å². The Balaban J connectivity index is 1.78. The van der Waals surface area contributed by atoms with Gasteiger partial charge < -0.3 is 25.1 Å². The highest BCUT2D eigenvalue weighted by Gasteiger charge is 2.47. The second-order valence-corrected chi connectivity index (χ2v) is 10.7. The van der Waals surface area contributed by atoms with E-state index < -0.39 is 15.9 Å². The van der Waals surface area contributed by atoms with E-state index in [1.807, 2.05) is 37.3 Å². The first-order valence-electron chi connectivity index (χ1n) is 11.7. The van der Waals surface area contributed by atoms with Crippen molar-refractivity contribution in [2.24, 2.45) is 5.73 Å². The number of methoxy groups -OCH3 is 2. The number of nitrogens with zero attached hydrogens (tertiary/aromatic N) is 2. The van der Waals surface area contributed by atoms with Crippen LogP contribution in [0.15, 0.2) is 77.0 Å². The van der Waals surface area contributed by atoms with Gasteiger partial charge in [0.25, 0.3) is 10.0 Å². The summed E-state index contributed by atoms with van der Waals surface area (Å²) >= 11 is 0. The van der Waals surface area contributed by atoms with Crippen LogP contribution in [0.2, 0.25) is 0 Å². The van der Waals surface area contributed by atoms with Crippen molar-refractivity contribution in [3.8, 4) is 23.3 Å². The molecule has 0 aliphatic carbocycles. The molecule has 0 unspecified atom stereocenters. The Morgan fingerprint density at radius 1 is 1.08 bits per heavy atom. The van der Waals surface area contributed by atoms with E-state index in [0.717, 1.165) is 11.1 Å². The number of benzene rings is 3. The van der Waals surface area contributed by atoms with Crippen molar-refractivity contribution in [1.29, 1.82) is 5.26 Å². The van der Waals surface area contributed by atoms with Crippen LogP contribution in [0.25, 0.3) is 5.76 Å². The topological polar surface area (TPSA) is 135 Å². The van der Waals surface area contributed by atoms with Crippen LogP contribution >= 0.6 is 0 Å².